The minimum Gasteiger partial charge on any atom is -0.490 e. The van der Waals surface area contributed by atoms with Crippen LogP contribution in [0.1, 0.15) is 20.8 Å². The Kier molecular flexibility index (Phi) is 6.32. The average Bonchev–Trinajstić information content (AvgIpc) is 2.42. The van der Waals surface area contributed by atoms with Crippen LogP contribution in [0.3, 0.4) is 0 Å². The maximum Gasteiger partial charge on any atom is 0.412 e. The van der Waals surface area contributed by atoms with E-state index in [2.05, 4.69) is 10.1 Å². The van der Waals surface area contributed by atoms with Crippen molar-refractivity contribution < 1.29 is 28.9 Å². The molecule has 0 heterocycles. The molecule has 0 aliphatic carbocycles. The molecule has 116 valence electrons. The van der Waals surface area contributed by atoms with Crippen molar-refractivity contribution in [2.24, 2.45) is 0 Å². The Balaban J connectivity index is 2.77. The maximum atomic E-state index is 11.5. The number of nitrogens with one attached hydrogen (secondary N) is 1. The number of carboxylic acid groups (broad SMARTS) is 1. The van der Waals surface area contributed by atoms with Crippen molar-refractivity contribution in [2.75, 3.05) is 18.5 Å². The van der Waals surface area contributed by atoms with E-state index in [0.29, 0.717) is 30.4 Å². The number of ether oxygens (including phenoxy) is 3. The average molecular weight is 297 g/mol. The Bertz CT molecular complexity index is 502. The molecule has 2 N–H and O–H groups in total. The smallest absolute Gasteiger partial charge is 0.412 e. The molecule has 0 saturated carbocycles. The molecular formula is C14H19NO6. The van der Waals surface area contributed by atoms with Gasteiger partial charge in [-0.05, 0) is 32.9 Å². The molecule has 0 fully saturated rings. The summed E-state index contributed by atoms with van der Waals surface area (Å²) in [6, 6.07) is 4.85. The molecule has 0 spiro atoms. The first kappa shape index (κ1) is 16.6. The largest absolute Gasteiger partial charge is 0.490 e. The number of carbonyl (C=O) groups excluding carboxylic acids is 1. The van der Waals surface area contributed by atoms with Gasteiger partial charge in [0.2, 0.25) is 0 Å². The van der Waals surface area contributed by atoms with Crippen molar-refractivity contribution >= 4 is 17.7 Å². The molecule has 1 rings (SSSR count). The molecular weight excluding hydrogens is 278 g/mol. The Morgan fingerprint density at radius 3 is 2.38 bits per heavy atom. The van der Waals surface area contributed by atoms with Crippen LogP contribution < -0.4 is 14.8 Å². The highest BCUT2D eigenvalue weighted by molar-refractivity contribution is 5.87. The number of carboxylic acids is 1. The van der Waals surface area contributed by atoms with Crippen LogP contribution >= 0.6 is 0 Å². The van der Waals surface area contributed by atoms with Crippen molar-refractivity contribution in [2.45, 2.75) is 26.9 Å². The van der Waals surface area contributed by atoms with Gasteiger partial charge < -0.3 is 19.3 Å². The second-order valence-corrected chi connectivity index (χ2v) is 4.04. The van der Waals surface area contributed by atoms with E-state index in [1.54, 1.807) is 18.2 Å². The van der Waals surface area contributed by atoms with E-state index in [9.17, 15) is 9.59 Å². The molecule has 1 aromatic rings. The highest BCUT2D eigenvalue weighted by Gasteiger charge is 2.16. The molecule has 0 saturated heterocycles. The number of hydrogen-bond donors (Lipinski definition) is 2. The molecule has 1 aromatic carbocycles. The quantitative estimate of drug-likeness (QED) is 0.803. The summed E-state index contributed by atoms with van der Waals surface area (Å²) in [7, 11) is 0. The third kappa shape index (κ3) is 5.21. The lowest BCUT2D eigenvalue weighted by Gasteiger charge is -2.14. The maximum absolute atomic E-state index is 11.5. The Labute approximate surface area is 122 Å². The summed E-state index contributed by atoms with van der Waals surface area (Å²) in [4.78, 5) is 22.1. The minimum atomic E-state index is -1.22. The highest BCUT2D eigenvalue weighted by Crippen LogP contribution is 2.30. The molecule has 1 atom stereocenters. The minimum absolute atomic E-state index is 0.421. The molecule has 0 aliphatic heterocycles. The van der Waals surface area contributed by atoms with Crippen molar-refractivity contribution in [1.82, 2.24) is 0 Å². The lowest BCUT2D eigenvalue weighted by molar-refractivity contribution is -0.145. The molecule has 1 amide bonds. The number of benzene rings is 1. The van der Waals surface area contributed by atoms with Crippen LogP contribution in [0.25, 0.3) is 0 Å². The number of anilines is 1. The Hall–Kier alpha value is -2.44. The third-order valence-electron chi connectivity index (χ3n) is 2.42. The van der Waals surface area contributed by atoms with Crippen LogP contribution in [0.5, 0.6) is 11.5 Å². The van der Waals surface area contributed by atoms with E-state index in [1.807, 2.05) is 13.8 Å². The summed E-state index contributed by atoms with van der Waals surface area (Å²) < 4.78 is 15.5. The van der Waals surface area contributed by atoms with Gasteiger partial charge in [0, 0.05) is 11.8 Å². The van der Waals surface area contributed by atoms with Gasteiger partial charge in [-0.2, -0.15) is 0 Å². The second-order valence-electron chi connectivity index (χ2n) is 4.04. The van der Waals surface area contributed by atoms with Crippen molar-refractivity contribution in [3.05, 3.63) is 18.2 Å². The summed E-state index contributed by atoms with van der Waals surface area (Å²) >= 11 is 0. The fourth-order valence-corrected chi connectivity index (χ4v) is 1.49. The standard InChI is InChI=1S/C14H19NO6/c1-4-19-11-7-6-10(8-12(11)20-5-2)15-14(18)21-9(3)13(16)17/h6-9H,4-5H2,1-3H3,(H,15,18)(H,16,17). The van der Waals surface area contributed by atoms with Crippen molar-refractivity contribution in [3.8, 4) is 11.5 Å². The summed E-state index contributed by atoms with van der Waals surface area (Å²) in [5.41, 5.74) is 0.421. The van der Waals surface area contributed by atoms with Gasteiger partial charge in [-0.1, -0.05) is 0 Å². The predicted octanol–water partition coefficient (Wildman–Crippen LogP) is 2.51. The third-order valence-corrected chi connectivity index (χ3v) is 2.42. The number of amides is 1. The predicted molar refractivity (Wildman–Crippen MR) is 76.0 cm³/mol. The van der Waals surface area contributed by atoms with E-state index >= 15 is 0 Å². The van der Waals surface area contributed by atoms with Crippen molar-refractivity contribution in [1.29, 1.82) is 0 Å². The van der Waals surface area contributed by atoms with Gasteiger partial charge in [-0.25, -0.2) is 9.59 Å². The zero-order chi connectivity index (χ0) is 15.8. The van der Waals surface area contributed by atoms with Crippen LogP contribution in [0.2, 0.25) is 0 Å². The van der Waals surface area contributed by atoms with Gasteiger partial charge in [-0.15, -0.1) is 0 Å². The van der Waals surface area contributed by atoms with Gasteiger partial charge in [0.1, 0.15) is 0 Å². The summed E-state index contributed by atoms with van der Waals surface area (Å²) in [5, 5.41) is 11.1. The highest BCUT2D eigenvalue weighted by atomic mass is 16.6. The fourth-order valence-electron chi connectivity index (χ4n) is 1.49. The summed E-state index contributed by atoms with van der Waals surface area (Å²) in [5.74, 6) is -0.160. The molecule has 0 bridgehead atoms. The van der Waals surface area contributed by atoms with Crippen molar-refractivity contribution in [3.63, 3.8) is 0 Å². The zero-order valence-electron chi connectivity index (χ0n) is 12.2. The monoisotopic (exact) mass is 297 g/mol. The zero-order valence-corrected chi connectivity index (χ0v) is 12.2. The summed E-state index contributed by atoms with van der Waals surface area (Å²) in [6.07, 6.45) is -2.07. The molecule has 7 nitrogen and oxygen atoms in total. The van der Waals surface area contributed by atoms with Gasteiger partial charge >= 0.3 is 12.1 Å². The first-order valence-electron chi connectivity index (χ1n) is 6.58. The van der Waals surface area contributed by atoms with Gasteiger partial charge in [-0.3, -0.25) is 5.32 Å². The molecule has 21 heavy (non-hydrogen) atoms. The molecule has 0 aliphatic rings. The van der Waals surface area contributed by atoms with E-state index in [0.717, 1.165) is 0 Å². The van der Waals surface area contributed by atoms with Crippen LogP contribution in [0.4, 0.5) is 10.5 Å². The van der Waals surface area contributed by atoms with E-state index in [1.165, 1.54) is 6.92 Å². The molecule has 0 radical (unpaired) electrons. The normalized spacial score (nSPS) is 11.4. The summed E-state index contributed by atoms with van der Waals surface area (Å²) in [6.45, 7) is 5.89. The van der Waals surface area contributed by atoms with Crippen LogP contribution in [0, 0.1) is 0 Å². The lowest BCUT2D eigenvalue weighted by atomic mass is 10.2. The second kappa shape index (κ2) is 7.98. The first-order chi connectivity index (χ1) is 9.97. The number of rotatable bonds is 7. The number of aliphatic carboxylic acids is 1. The molecule has 7 heteroatoms. The molecule has 0 aromatic heterocycles. The Morgan fingerprint density at radius 1 is 1.19 bits per heavy atom. The number of carbonyl (C=O) groups is 2. The van der Waals surface area contributed by atoms with Gasteiger partial charge in [0.15, 0.2) is 17.6 Å². The van der Waals surface area contributed by atoms with Gasteiger partial charge in [0.05, 0.1) is 13.2 Å². The topological polar surface area (TPSA) is 94.1 Å². The SMILES string of the molecule is CCOc1ccc(NC(=O)OC(C)C(=O)O)cc1OCC. The van der Waals surface area contributed by atoms with E-state index < -0.39 is 18.2 Å². The van der Waals surface area contributed by atoms with E-state index in [-0.39, 0.29) is 0 Å². The van der Waals surface area contributed by atoms with Gasteiger partial charge in [0.25, 0.3) is 0 Å². The van der Waals surface area contributed by atoms with Crippen LogP contribution in [-0.4, -0.2) is 36.5 Å². The van der Waals surface area contributed by atoms with Crippen LogP contribution in [-0.2, 0) is 9.53 Å². The number of hydrogen-bond acceptors (Lipinski definition) is 5. The van der Waals surface area contributed by atoms with E-state index in [4.69, 9.17) is 14.6 Å². The lowest BCUT2D eigenvalue weighted by Crippen LogP contribution is -2.26. The first-order valence-corrected chi connectivity index (χ1v) is 6.58. The van der Waals surface area contributed by atoms with Crippen LogP contribution in [0.15, 0.2) is 18.2 Å². The Morgan fingerprint density at radius 2 is 1.81 bits per heavy atom. The molecule has 1 unspecified atom stereocenters. The fraction of sp³-hybridized carbons (Fsp3) is 0.429.